The largest absolute Gasteiger partial charge is 0.458 e. The molecule has 0 aliphatic heterocycles. The maximum Gasteiger partial charge on any atom is 0.458 e. The van der Waals surface area contributed by atoms with Crippen molar-refractivity contribution in [3.63, 3.8) is 0 Å². The summed E-state index contributed by atoms with van der Waals surface area (Å²) in [5.41, 5.74) is 3.65. The normalized spacial score (nSPS) is 15.6. The summed E-state index contributed by atoms with van der Waals surface area (Å²) in [6, 6.07) is 9.13. The van der Waals surface area contributed by atoms with E-state index in [1.807, 2.05) is 22.9 Å². The Morgan fingerprint density at radius 3 is 2.56 bits per heavy atom. The van der Waals surface area contributed by atoms with E-state index in [1.165, 1.54) is 10.6 Å². The minimum atomic E-state index is -4.66. The van der Waals surface area contributed by atoms with Gasteiger partial charge in [0.25, 0.3) is 5.56 Å². The third-order valence-electron chi connectivity index (χ3n) is 7.30. The first-order valence-electron chi connectivity index (χ1n) is 12.9. The molecule has 2 fully saturated rings. The van der Waals surface area contributed by atoms with Gasteiger partial charge in [0.05, 0.1) is 27.8 Å². The molecule has 7 rings (SSSR count). The Hall–Kier alpha value is -4.39. The van der Waals surface area contributed by atoms with E-state index in [4.69, 9.17) is 0 Å². The Morgan fingerprint density at radius 2 is 1.87 bits per heavy atom. The van der Waals surface area contributed by atoms with Gasteiger partial charge in [-0.15, -0.1) is 0 Å². The van der Waals surface area contributed by atoms with Crippen LogP contribution in [0.2, 0.25) is 0 Å². The number of aromatic nitrogens is 6. The average molecular weight is 529 g/mol. The third-order valence-corrected chi connectivity index (χ3v) is 7.30. The first-order valence-corrected chi connectivity index (χ1v) is 12.9. The Bertz CT molecular complexity index is 1880. The highest BCUT2D eigenvalue weighted by molar-refractivity contribution is 5.95. The second-order valence-electron chi connectivity index (χ2n) is 10.5. The second-order valence-corrected chi connectivity index (χ2v) is 10.5. The number of hydrogen-bond donors (Lipinski definition) is 0. The van der Waals surface area contributed by atoms with Gasteiger partial charge < -0.3 is 4.57 Å². The highest BCUT2D eigenvalue weighted by Crippen LogP contribution is 2.40. The van der Waals surface area contributed by atoms with Crippen LogP contribution in [-0.4, -0.2) is 35.3 Å². The predicted octanol–water partition coefficient (Wildman–Crippen LogP) is 5.34. The van der Waals surface area contributed by atoms with Crippen molar-refractivity contribution >= 4 is 21.9 Å². The van der Waals surface area contributed by atoms with Crippen molar-refractivity contribution in [2.45, 2.75) is 44.3 Å². The van der Waals surface area contributed by atoms with E-state index >= 15 is 0 Å². The fraction of sp³-hybridized carbons (Fsp3) is 0.310. The van der Waals surface area contributed by atoms with Crippen molar-refractivity contribution < 1.29 is 13.2 Å². The van der Waals surface area contributed by atoms with Crippen molar-refractivity contribution in [1.82, 2.24) is 29.1 Å². The lowest BCUT2D eigenvalue weighted by Crippen LogP contribution is -2.24. The summed E-state index contributed by atoms with van der Waals surface area (Å²) in [6.07, 6.45) is 4.72. The molecule has 0 radical (unpaired) electrons. The van der Waals surface area contributed by atoms with E-state index in [2.05, 4.69) is 21.1 Å². The van der Waals surface area contributed by atoms with Crippen LogP contribution < -0.4 is 5.56 Å². The first kappa shape index (κ1) is 23.7. The van der Waals surface area contributed by atoms with Gasteiger partial charge >= 0.3 is 6.18 Å². The molecule has 0 spiro atoms. The molecule has 10 heteroatoms. The summed E-state index contributed by atoms with van der Waals surface area (Å²) in [6.45, 7) is 0.581. The predicted molar refractivity (Wildman–Crippen MR) is 140 cm³/mol. The number of nitrogens with zero attached hydrogens (tertiary/aromatic N) is 6. The van der Waals surface area contributed by atoms with Gasteiger partial charge in [0.15, 0.2) is 0 Å². The SMILES string of the molecule is Cn1cc2cc(-n3nc4c(C#CC(F)(F)F)cn(CC5CC5)c4c(-c4ccc(C5CC5)nc4)c3=O)ccc2n1. The fourth-order valence-electron chi connectivity index (χ4n) is 5.09. The average Bonchev–Trinajstić information content (AvgIpc) is 3.82. The minimum Gasteiger partial charge on any atom is -0.344 e. The number of hydrogen-bond acceptors (Lipinski definition) is 4. The Kier molecular flexibility index (Phi) is 5.20. The molecule has 196 valence electrons. The Balaban J connectivity index is 1.51. The standard InChI is InChI=1S/C29H23F3N6O/c1-36-15-21-12-22(7-9-24(21)34-36)38-28(39)25(19-6-8-23(33-13-19)18-4-5-18)27-26(35-38)20(10-11-29(30,31)32)16-37(27)14-17-2-3-17/h6-9,12-13,15-18H,2-5,14H2,1H3. The summed E-state index contributed by atoms with van der Waals surface area (Å²) >= 11 is 0. The lowest BCUT2D eigenvalue weighted by Gasteiger charge is -2.13. The number of rotatable bonds is 5. The Labute approximate surface area is 220 Å². The molecule has 7 nitrogen and oxygen atoms in total. The molecule has 4 aromatic heterocycles. The van der Waals surface area contributed by atoms with E-state index in [1.54, 1.807) is 42.3 Å². The number of alkyl halides is 3. The quantitative estimate of drug-likeness (QED) is 0.289. The summed E-state index contributed by atoms with van der Waals surface area (Å²) < 4.78 is 44.1. The van der Waals surface area contributed by atoms with Gasteiger partial charge in [0.1, 0.15) is 5.52 Å². The summed E-state index contributed by atoms with van der Waals surface area (Å²) in [5.74, 6) is 4.52. The summed E-state index contributed by atoms with van der Waals surface area (Å²) in [7, 11) is 1.81. The van der Waals surface area contributed by atoms with Crippen molar-refractivity contribution in [1.29, 1.82) is 0 Å². The maximum atomic E-state index is 14.2. The number of halogens is 3. The van der Waals surface area contributed by atoms with Crippen LogP contribution in [0.3, 0.4) is 0 Å². The van der Waals surface area contributed by atoms with Crippen LogP contribution >= 0.6 is 0 Å². The zero-order valence-electron chi connectivity index (χ0n) is 21.0. The molecule has 5 aromatic rings. The van der Waals surface area contributed by atoms with Gasteiger partial charge in [0.2, 0.25) is 0 Å². The minimum absolute atomic E-state index is 0.128. The van der Waals surface area contributed by atoms with Crippen molar-refractivity contribution in [3.8, 4) is 28.7 Å². The number of benzene rings is 1. The lowest BCUT2D eigenvalue weighted by molar-refractivity contribution is -0.0696. The molecule has 0 unspecified atom stereocenters. The van der Waals surface area contributed by atoms with E-state index in [-0.39, 0.29) is 16.6 Å². The van der Waals surface area contributed by atoms with Crippen LogP contribution in [0.25, 0.3) is 38.8 Å². The molecule has 2 aliphatic carbocycles. The van der Waals surface area contributed by atoms with Gasteiger partial charge in [-0.25, -0.2) is 0 Å². The van der Waals surface area contributed by atoms with Crippen LogP contribution in [0, 0.1) is 17.8 Å². The molecule has 0 atom stereocenters. The number of aryl methyl sites for hydroxylation is 1. The van der Waals surface area contributed by atoms with Crippen LogP contribution in [0.15, 0.2) is 53.7 Å². The van der Waals surface area contributed by atoms with Gasteiger partial charge in [-0.2, -0.15) is 28.1 Å². The topological polar surface area (TPSA) is 70.5 Å². The fourth-order valence-corrected chi connectivity index (χ4v) is 5.09. The molecule has 39 heavy (non-hydrogen) atoms. The van der Waals surface area contributed by atoms with Crippen LogP contribution in [0.5, 0.6) is 0 Å². The first-order chi connectivity index (χ1) is 18.7. The zero-order chi connectivity index (χ0) is 26.9. The monoisotopic (exact) mass is 528 g/mol. The molecule has 2 aliphatic rings. The van der Waals surface area contributed by atoms with Crippen molar-refractivity contribution in [2.24, 2.45) is 13.0 Å². The smallest absolute Gasteiger partial charge is 0.344 e. The molecule has 0 amide bonds. The highest BCUT2D eigenvalue weighted by atomic mass is 19.4. The van der Waals surface area contributed by atoms with Gasteiger partial charge in [-0.1, -0.05) is 12.0 Å². The maximum absolute atomic E-state index is 14.2. The van der Waals surface area contributed by atoms with E-state index in [9.17, 15) is 18.0 Å². The van der Waals surface area contributed by atoms with E-state index in [0.717, 1.165) is 42.3 Å². The molecule has 0 saturated heterocycles. The lowest BCUT2D eigenvalue weighted by atomic mass is 10.1. The molecule has 2 saturated carbocycles. The van der Waals surface area contributed by atoms with Crippen LogP contribution in [-0.2, 0) is 13.6 Å². The number of pyridine rings is 1. The number of fused-ring (bicyclic) bond motifs is 2. The second kappa shape index (κ2) is 8.56. The molecular formula is C29H23F3N6O. The van der Waals surface area contributed by atoms with E-state index in [0.29, 0.717) is 40.7 Å². The van der Waals surface area contributed by atoms with Crippen molar-refractivity contribution in [3.05, 3.63) is 70.5 Å². The van der Waals surface area contributed by atoms with Crippen LogP contribution in [0.4, 0.5) is 13.2 Å². The molecule has 4 heterocycles. The van der Waals surface area contributed by atoms with Crippen molar-refractivity contribution in [2.75, 3.05) is 0 Å². The summed E-state index contributed by atoms with van der Waals surface area (Å²) in [5, 5.41) is 9.81. The van der Waals surface area contributed by atoms with E-state index < -0.39 is 6.18 Å². The van der Waals surface area contributed by atoms with Gasteiger partial charge in [0, 0.05) is 60.7 Å². The van der Waals surface area contributed by atoms with Gasteiger partial charge in [-0.3, -0.25) is 14.5 Å². The van der Waals surface area contributed by atoms with Gasteiger partial charge in [-0.05, 0) is 55.9 Å². The molecule has 0 bridgehead atoms. The molecule has 1 aromatic carbocycles. The zero-order valence-corrected chi connectivity index (χ0v) is 21.0. The Morgan fingerprint density at radius 1 is 1.05 bits per heavy atom. The third kappa shape index (κ3) is 4.48. The molecular weight excluding hydrogens is 505 g/mol. The highest BCUT2D eigenvalue weighted by Gasteiger charge is 2.29. The summed E-state index contributed by atoms with van der Waals surface area (Å²) in [4.78, 5) is 18.8. The van der Waals surface area contributed by atoms with Crippen LogP contribution in [0.1, 0.15) is 42.9 Å². The molecule has 0 N–H and O–H groups in total.